The third-order valence-electron chi connectivity index (χ3n) is 4.81. The van der Waals surface area contributed by atoms with Gasteiger partial charge in [-0.3, -0.25) is 9.78 Å². The van der Waals surface area contributed by atoms with Crippen molar-refractivity contribution in [2.75, 3.05) is 18.4 Å². The molecule has 154 valence electrons. The van der Waals surface area contributed by atoms with Crippen LogP contribution in [0.4, 0.5) is 18.9 Å². The smallest absolute Gasteiger partial charge is 0.405 e. The number of benzene rings is 2. The Bertz CT molecular complexity index is 1050. The normalized spacial score (nSPS) is 13.8. The topological polar surface area (TPSA) is 54.5 Å². The number of hydrogen-bond acceptors (Lipinski definition) is 4. The monoisotopic (exact) mass is 413 g/mol. The molecule has 30 heavy (non-hydrogen) atoms. The first-order valence-electron chi connectivity index (χ1n) is 9.32. The van der Waals surface area contributed by atoms with E-state index in [1.165, 1.54) is 23.1 Å². The van der Waals surface area contributed by atoms with Gasteiger partial charge in [0.25, 0.3) is 5.91 Å². The van der Waals surface area contributed by atoms with Crippen LogP contribution in [0.3, 0.4) is 0 Å². The van der Waals surface area contributed by atoms with Crippen LogP contribution in [-0.4, -0.2) is 35.2 Å². The van der Waals surface area contributed by atoms with Crippen molar-refractivity contribution in [1.82, 2.24) is 9.88 Å². The summed E-state index contributed by atoms with van der Waals surface area (Å²) in [5, 5.41) is 3.28. The number of nitrogens with zero attached hydrogens (tertiary/aromatic N) is 2. The van der Waals surface area contributed by atoms with Gasteiger partial charge >= 0.3 is 6.36 Å². The number of para-hydroxylation sites is 1. The summed E-state index contributed by atoms with van der Waals surface area (Å²) in [7, 11) is 0. The van der Waals surface area contributed by atoms with E-state index in [0.717, 1.165) is 28.4 Å². The lowest BCUT2D eigenvalue weighted by Crippen LogP contribution is -2.33. The molecule has 0 saturated heterocycles. The Morgan fingerprint density at radius 3 is 2.57 bits per heavy atom. The lowest BCUT2D eigenvalue weighted by atomic mass is 10.0. The molecule has 8 heteroatoms. The van der Waals surface area contributed by atoms with Crippen LogP contribution in [0.5, 0.6) is 5.75 Å². The van der Waals surface area contributed by atoms with E-state index < -0.39 is 18.0 Å². The van der Waals surface area contributed by atoms with Crippen LogP contribution in [0.25, 0.3) is 11.1 Å². The number of hydrogen-bond donors (Lipinski definition) is 1. The van der Waals surface area contributed by atoms with E-state index >= 15 is 0 Å². The van der Waals surface area contributed by atoms with Gasteiger partial charge in [-0.05, 0) is 53.1 Å². The van der Waals surface area contributed by atoms with Crippen molar-refractivity contribution in [3.8, 4) is 16.9 Å². The molecule has 3 aromatic rings. The lowest BCUT2D eigenvalue weighted by Gasteiger charge is -2.22. The van der Waals surface area contributed by atoms with E-state index in [4.69, 9.17) is 0 Å². The minimum Gasteiger partial charge on any atom is -0.405 e. The molecule has 1 aliphatic heterocycles. The number of pyridine rings is 1. The fraction of sp³-hybridized carbons (Fsp3) is 0.182. The summed E-state index contributed by atoms with van der Waals surface area (Å²) in [6, 6.07) is 15.1. The van der Waals surface area contributed by atoms with Crippen molar-refractivity contribution >= 4 is 11.6 Å². The van der Waals surface area contributed by atoms with Crippen molar-refractivity contribution < 1.29 is 22.7 Å². The molecule has 0 radical (unpaired) electrons. The molecule has 4 rings (SSSR count). The molecule has 0 atom stereocenters. The van der Waals surface area contributed by atoms with Crippen LogP contribution in [-0.2, 0) is 6.54 Å². The van der Waals surface area contributed by atoms with Gasteiger partial charge in [0.1, 0.15) is 5.75 Å². The number of amides is 1. The van der Waals surface area contributed by atoms with E-state index in [2.05, 4.69) is 15.0 Å². The SMILES string of the molecule is O=C(c1ccccc1OC(F)(F)F)N1CCNc2ccc(-c3ccncc3)cc2C1. The molecule has 1 amide bonds. The largest absolute Gasteiger partial charge is 0.573 e. The van der Waals surface area contributed by atoms with Crippen molar-refractivity contribution in [3.05, 3.63) is 78.1 Å². The molecule has 1 N–H and O–H groups in total. The predicted molar refractivity (Wildman–Crippen MR) is 106 cm³/mol. The van der Waals surface area contributed by atoms with Crippen LogP contribution in [0.15, 0.2) is 67.0 Å². The summed E-state index contributed by atoms with van der Waals surface area (Å²) < 4.78 is 42.3. The summed E-state index contributed by atoms with van der Waals surface area (Å²) in [4.78, 5) is 18.6. The van der Waals surface area contributed by atoms with Crippen LogP contribution in [0.2, 0.25) is 0 Å². The van der Waals surface area contributed by atoms with Crippen molar-refractivity contribution in [1.29, 1.82) is 0 Å². The van der Waals surface area contributed by atoms with E-state index in [9.17, 15) is 18.0 Å². The van der Waals surface area contributed by atoms with Gasteiger partial charge in [-0.1, -0.05) is 18.2 Å². The van der Waals surface area contributed by atoms with Gasteiger partial charge < -0.3 is 15.0 Å². The molecule has 2 aromatic carbocycles. The Kier molecular flexibility index (Phi) is 5.31. The Balaban J connectivity index is 1.63. The van der Waals surface area contributed by atoms with Crippen molar-refractivity contribution in [3.63, 3.8) is 0 Å². The maximum absolute atomic E-state index is 13.1. The molecular weight excluding hydrogens is 395 g/mol. The van der Waals surface area contributed by atoms with Gasteiger partial charge in [0.05, 0.1) is 5.56 Å². The number of carbonyl (C=O) groups is 1. The average molecular weight is 413 g/mol. The summed E-state index contributed by atoms with van der Waals surface area (Å²) in [5.41, 5.74) is 3.60. The van der Waals surface area contributed by atoms with E-state index in [1.807, 2.05) is 30.3 Å². The van der Waals surface area contributed by atoms with Gasteiger partial charge in [-0.2, -0.15) is 0 Å². The highest BCUT2D eigenvalue weighted by Gasteiger charge is 2.33. The van der Waals surface area contributed by atoms with Crippen LogP contribution < -0.4 is 10.1 Å². The van der Waals surface area contributed by atoms with Gasteiger partial charge in [-0.25, -0.2) is 0 Å². The summed E-state index contributed by atoms with van der Waals surface area (Å²) in [6.07, 6.45) is -1.47. The zero-order valence-electron chi connectivity index (χ0n) is 15.8. The second kappa shape index (κ2) is 8.06. The average Bonchev–Trinajstić information content (AvgIpc) is 2.95. The first-order chi connectivity index (χ1) is 14.4. The standard InChI is InChI=1S/C22H18F3N3O2/c23-22(24,25)30-20-4-2-1-3-18(20)21(29)28-12-11-27-19-6-5-16(13-17(19)14-28)15-7-9-26-10-8-15/h1-10,13,27H,11-12,14H2. The first kappa shape index (κ1) is 19.8. The number of halogens is 3. The lowest BCUT2D eigenvalue weighted by molar-refractivity contribution is -0.274. The molecule has 1 aliphatic rings. The number of nitrogens with one attached hydrogen (secondary N) is 1. The molecule has 0 saturated carbocycles. The zero-order valence-corrected chi connectivity index (χ0v) is 15.8. The highest BCUT2D eigenvalue weighted by Crippen LogP contribution is 2.30. The third-order valence-corrected chi connectivity index (χ3v) is 4.81. The van der Waals surface area contributed by atoms with Crippen molar-refractivity contribution in [2.45, 2.75) is 12.9 Å². The fourth-order valence-corrected chi connectivity index (χ4v) is 3.43. The first-order valence-corrected chi connectivity index (χ1v) is 9.32. The van der Waals surface area contributed by atoms with E-state index in [1.54, 1.807) is 12.4 Å². The number of rotatable bonds is 3. The van der Waals surface area contributed by atoms with Crippen LogP contribution in [0, 0.1) is 0 Å². The van der Waals surface area contributed by atoms with Gasteiger partial charge in [0, 0.05) is 37.7 Å². The third kappa shape index (κ3) is 4.37. The number of aromatic nitrogens is 1. The van der Waals surface area contributed by atoms with Crippen molar-refractivity contribution in [2.24, 2.45) is 0 Å². The molecular formula is C22H18F3N3O2. The zero-order chi connectivity index (χ0) is 21.1. The minimum atomic E-state index is -4.87. The molecule has 0 fully saturated rings. The number of fused-ring (bicyclic) bond motifs is 1. The van der Waals surface area contributed by atoms with E-state index in [0.29, 0.717) is 13.1 Å². The van der Waals surface area contributed by atoms with Gasteiger partial charge in [0.15, 0.2) is 0 Å². The number of alkyl halides is 3. The Morgan fingerprint density at radius 2 is 1.80 bits per heavy atom. The van der Waals surface area contributed by atoms with Crippen LogP contribution >= 0.6 is 0 Å². The molecule has 0 bridgehead atoms. The quantitative estimate of drug-likeness (QED) is 0.676. The van der Waals surface area contributed by atoms with Gasteiger partial charge in [-0.15, -0.1) is 13.2 Å². The summed E-state index contributed by atoms with van der Waals surface area (Å²) in [5.74, 6) is -1.02. The van der Waals surface area contributed by atoms with Gasteiger partial charge in [0.2, 0.25) is 0 Å². The molecule has 1 aromatic heterocycles. The molecule has 0 unspecified atom stereocenters. The van der Waals surface area contributed by atoms with E-state index in [-0.39, 0.29) is 12.1 Å². The second-order valence-electron chi connectivity index (χ2n) is 6.81. The van der Waals surface area contributed by atoms with Crippen LogP contribution in [0.1, 0.15) is 15.9 Å². The summed E-state index contributed by atoms with van der Waals surface area (Å²) >= 11 is 0. The Hall–Kier alpha value is -3.55. The minimum absolute atomic E-state index is 0.122. The molecule has 5 nitrogen and oxygen atoms in total. The molecule has 2 heterocycles. The fourth-order valence-electron chi connectivity index (χ4n) is 3.43. The Morgan fingerprint density at radius 1 is 1.03 bits per heavy atom. The Labute approximate surface area is 171 Å². The summed E-state index contributed by atoms with van der Waals surface area (Å²) in [6.45, 7) is 1.09. The second-order valence-corrected chi connectivity index (χ2v) is 6.81. The molecule has 0 aliphatic carbocycles. The highest BCUT2D eigenvalue weighted by atomic mass is 19.4. The number of ether oxygens (including phenoxy) is 1. The maximum Gasteiger partial charge on any atom is 0.573 e. The predicted octanol–water partition coefficient (Wildman–Crippen LogP) is 4.72. The molecule has 0 spiro atoms. The number of carbonyl (C=O) groups excluding carboxylic acids is 1. The highest BCUT2D eigenvalue weighted by molar-refractivity contribution is 5.97. The maximum atomic E-state index is 13.1. The number of anilines is 1.